The predicted octanol–water partition coefficient (Wildman–Crippen LogP) is 3.02. The molecule has 0 spiro atoms. The normalized spacial score (nSPS) is 11.6. The standard InChI is InChI=1S/C13H16ClN3O2S2/c1-3-15-8-10-6-11(4-5-12(10)14)21(18,19)17-13-16-7-9(2)20-13/h4-7,15H,3,8H2,1-2H3,(H,16,17). The van der Waals surface area contributed by atoms with Crippen molar-refractivity contribution in [3.8, 4) is 0 Å². The smallest absolute Gasteiger partial charge is 0.263 e. The Kier molecular flexibility index (Phi) is 5.21. The first-order chi connectivity index (χ1) is 9.92. The molecule has 0 saturated heterocycles. The number of halogens is 1. The van der Waals surface area contributed by atoms with E-state index >= 15 is 0 Å². The Hall–Kier alpha value is -1.15. The minimum atomic E-state index is -3.65. The monoisotopic (exact) mass is 345 g/mol. The SMILES string of the molecule is CCNCc1cc(S(=O)(=O)Nc2ncc(C)s2)ccc1Cl. The topological polar surface area (TPSA) is 71.1 Å². The van der Waals surface area contributed by atoms with E-state index in [4.69, 9.17) is 11.6 Å². The van der Waals surface area contributed by atoms with Crippen molar-refractivity contribution in [1.82, 2.24) is 10.3 Å². The van der Waals surface area contributed by atoms with Crippen LogP contribution in [0.2, 0.25) is 5.02 Å². The van der Waals surface area contributed by atoms with Gasteiger partial charge in [0.15, 0.2) is 5.13 Å². The minimum absolute atomic E-state index is 0.174. The van der Waals surface area contributed by atoms with E-state index in [9.17, 15) is 8.42 Å². The molecule has 8 heteroatoms. The summed E-state index contributed by atoms with van der Waals surface area (Å²) in [7, 11) is -3.65. The van der Waals surface area contributed by atoms with Crippen molar-refractivity contribution >= 4 is 38.1 Å². The van der Waals surface area contributed by atoms with Crippen molar-refractivity contribution in [2.24, 2.45) is 0 Å². The highest BCUT2D eigenvalue weighted by molar-refractivity contribution is 7.93. The van der Waals surface area contributed by atoms with Gasteiger partial charge in [-0.3, -0.25) is 4.72 Å². The largest absolute Gasteiger partial charge is 0.313 e. The average molecular weight is 346 g/mol. The number of nitrogens with zero attached hydrogens (tertiary/aromatic N) is 1. The number of sulfonamides is 1. The Balaban J connectivity index is 2.27. The average Bonchev–Trinajstić information content (AvgIpc) is 2.82. The molecule has 2 rings (SSSR count). The number of benzene rings is 1. The van der Waals surface area contributed by atoms with Crippen molar-refractivity contribution in [3.05, 3.63) is 39.9 Å². The zero-order valence-electron chi connectivity index (χ0n) is 11.7. The molecule has 1 aromatic heterocycles. The molecule has 1 aromatic carbocycles. The number of aryl methyl sites for hydroxylation is 1. The Morgan fingerprint density at radius 2 is 2.14 bits per heavy atom. The summed E-state index contributed by atoms with van der Waals surface area (Å²) in [5.74, 6) is 0. The number of hydrogen-bond donors (Lipinski definition) is 2. The molecule has 0 aliphatic carbocycles. The van der Waals surface area contributed by atoms with Crippen LogP contribution in [0.25, 0.3) is 0 Å². The van der Waals surface area contributed by atoms with Gasteiger partial charge in [0.05, 0.1) is 4.90 Å². The van der Waals surface area contributed by atoms with Crippen molar-refractivity contribution in [2.75, 3.05) is 11.3 Å². The first-order valence-electron chi connectivity index (χ1n) is 6.37. The van der Waals surface area contributed by atoms with E-state index in [1.807, 2.05) is 13.8 Å². The molecule has 0 bridgehead atoms. The van der Waals surface area contributed by atoms with Crippen LogP contribution in [0.4, 0.5) is 5.13 Å². The van der Waals surface area contributed by atoms with Crippen LogP contribution in [0.5, 0.6) is 0 Å². The highest BCUT2D eigenvalue weighted by Crippen LogP contribution is 2.24. The third kappa shape index (κ3) is 4.16. The molecule has 0 radical (unpaired) electrons. The minimum Gasteiger partial charge on any atom is -0.313 e. The number of hydrogen-bond acceptors (Lipinski definition) is 5. The molecular formula is C13H16ClN3O2S2. The Morgan fingerprint density at radius 3 is 2.76 bits per heavy atom. The van der Waals surface area contributed by atoms with Crippen molar-refractivity contribution in [1.29, 1.82) is 0 Å². The van der Waals surface area contributed by atoms with E-state index in [1.54, 1.807) is 18.3 Å². The van der Waals surface area contributed by atoms with E-state index in [-0.39, 0.29) is 4.90 Å². The summed E-state index contributed by atoms with van der Waals surface area (Å²) in [6.07, 6.45) is 1.63. The van der Waals surface area contributed by atoms with Gasteiger partial charge in [0.1, 0.15) is 0 Å². The van der Waals surface area contributed by atoms with Crippen molar-refractivity contribution < 1.29 is 8.42 Å². The van der Waals surface area contributed by atoms with E-state index in [2.05, 4.69) is 15.0 Å². The maximum Gasteiger partial charge on any atom is 0.263 e. The van der Waals surface area contributed by atoms with Gasteiger partial charge in [-0.25, -0.2) is 13.4 Å². The van der Waals surface area contributed by atoms with Crippen molar-refractivity contribution in [3.63, 3.8) is 0 Å². The number of nitrogens with one attached hydrogen (secondary N) is 2. The molecule has 114 valence electrons. The number of thiazole rings is 1. The summed E-state index contributed by atoms with van der Waals surface area (Å²) in [5.41, 5.74) is 0.747. The quantitative estimate of drug-likeness (QED) is 0.844. The highest BCUT2D eigenvalue weighted by atomic mass is 35.5. The summed E-state index contributed by atoms with van der Waals surface area (Å²) in [4.78, 5) is 5.12. The van der Waals surface area contributed by atoms with Crippen LogP contribution in [0.3, 0.4) is 0 Å². The first-order valence-corrected chi connectivity index (χ1v) is 9.04. The second-order valence-electron chi connectivity index (χ2n) is 4.42. The zero-order chi connectivity index (χ0) is 15.5. The number of rotatable bonds is 6. The van der Waals surface area contributed by atoms with Gasteiger partial charge in [-0.2, -0.15) is 0 Å². The molecule has 0 aliphatic rings. The molecule has 0 fully saturated rings. The maximum atomic E-state index is 12.3. The molecule has 0 atom stereocenters. The van der Waals surface area contributed by atoms with Crippen molar-refractivity contribution in [2.45, 2.75) is 25.3 Å². The van der Waals surface area contributed by atoms with Gasteiger partial charge >= 0.3 is 0 Å². The molecule has 0 unspecified atom stereocenters. The molecule has 0 aliphatic heterocycles. The van der Waals surface area contributed by atoms with E-state index in [1.165, 1.54) is 17.4 Å². The van der Waals surface area contributed by atoms with Gasteiger partial charge in [0.25, 0.3) is 10.0 Å². The van der Waals surface area contributed by atoms with Crippen LogP contribution in [0, 0.1) is 6.92 Å². The fourth-order valence-corrected chi connectivity index (χ4v) is 3.83. The summed E-state index contributed by atoms with van der Waals surface area (Å²) >= 11 is 7.37. The van der Waals surface area contributed by atoms with Gasteiger partial charge in [-0.15, -0.1) is 11.3 Å². The molecular weight excluding hydrogens is 330 g/mol. The first kappa shape index (κ1) is 16.2. The molecule has 2 N–H and O–H groups in total. The molecule has 2 aromatic rings. The Labute approximate surface area is 133 Å². The molecule has 21 heavy (non-hydrogen) atoms. The lowest BCUT2D eigenvalue weighted by Gasteiger charge is -2.09. The Bertz CT molecular complexity index is 729. The summed E-state index contributed by atoms with van der Waals surface area (Å²) in [6, 6.07) is 4.66. The lowest BCUT2D eigenvalue weighted by atomic mass is 10.2. The fourth-order valence-electron chi connectivity index (χ4n) is 1.69. The van der Waals surface area contributed by atoms with Crippen LogP contribution >= 0.6 is 22.9 Å². The maximum absolute atomic E-state index is 12.3. The third-order valence-corrected chi connectivity index (χ3v) is 5.40. The molecule has 5 nitrogen and oxygen atoms in total. The van der Waals surface area contributed by atoms with Crippen LogP contribution in [0.15, 0.2) is 29.3 Å². The lowest BCUT2D eigenvalue weighted by molar-refractivity contribution is 0.601. The predicted molar refractivity (Wildman–Crippen MR) is 86.5 cm³/mol. The fraction of sp³-hybridized carbons (Fsp3) is 0.308. The van der Waals surface area contributed by atoms with Gasteiger partial charge in [0.2, 0.25) is 0 Å². The van der Waals surface area contributed by atoms with E-state index < -0.39 is 10.0 Å². The molecule has 1 heterocycles. The van der Waals surface area contributed by atoms with E-state index in [0.717, 1.165) is 17.0 Å². The van der Waals surface area contributed by atoms with Gasteiger partial charge < -0.3 is 5.32 Å². The summed E-state index contributed by atoms with van der Waals surface area (Å²) in [5, 5.41) is 4.03. The van der Waals surface area contributed by atoms with Gasteiger partial charge in [-0.05, 0) is 37.2 Å². The Morgan fingerprint density at radius 1 is 1.38 bits per heavy atom. The lowest BCUT2D eigenvalue weighted by Crippen LogP contribution is -2.15. The number of aromatic nitrogens is 1. The highest BCUT2D eigenvalue weighted by Gasteiger charge is 2.17. The van der Waals surface area contributed by atoms with Crippen LogP contribution in [0.1, 0.15) is 17.4 Å². The summed E-state index contributed by atoms with van der Waals surface area (Å²) < 4.78 is 27.2. The molecule has 0 amide bonds. The zero-order valence-corrected chi connectivity index (χ0v) is 14.1. The third-order valence-electron chi connectivity index (χ3n) is 2.74. The van der Waals surface area contributed by atoms with Gasteiger partial charge in [0, 0.05) is 22.6 Å². The number of anilines is 1. The second-order valence-corrected chi connectivity index (χ2v) is 7.74. The second kappa shape index (κ2) is 6.74. The van der Waals surface area contributed by atoms with Crippen LogP contribution in [-0.2, 0) is 16.6 Å². The van der Waals surface area contributed by atoms with Crippen LogP contribution in [-0.4, -0.2) is 19.9 Å². The molecule has 0 saturated carbocycles. The van der Waals surface area contributed by atoms with E-state index in [0.29, 0.717) is 16.7 Å². The van der Waals surface area contributed by atoms with Crippen LogP contribution < -0.4 is 10.0 Å². The summed E-state index contributed by atoms with van der Waals surface area (Å²) in [6.45, 7) is 5.14. The van der Waals surface area contributed by atoms with Gasteiger partial charge in [-0.1, -0.05) is 18.5 Å².